The second-order valence-corrected chi connectivity index (χ2v) is 2.12. The average molecular weight is 253 g/mol. The molecule has 0 spiro atoms. The molecule has 0 heterocycles. The molecule has 0 aromatic heterocycles. The number of carboxylic acids is 1. The van der Waals surface area contributed by atoms with E-state index in [1.54, 1.807) is 0 Å². The van der Waals surface area contributed by atoms with E-state index in [1.807, 2.05) is 0 Å². The van der Waals surface area contributed by atoms with E-state index in [4.69, 9.17) is 9.90 Å². The fraction of sp³-hybridized carbons (Fsp3) is 0.500. The monoisotopic (exact) mass is 251 g/mol. The standard InChI is InChI=1S/C2H4O2.2ClH.Cu.Ni/c1-2(3)4;;;;/h1H3,(H,3,4);2*1H;;/q;;;+2;/p-2. The van der Waals surface area contributed by atoms with Gasteiger partial charge in [-0.3, -0.25) is 4.79 Å². The molecule has 59 valence electrons. The second kappa shape index (κ2) is 15.7. The fourth-order valence-electron chi connectivity index (χ4n) is 0. The zero-order valence-electron chi connectivity index (χ0n) is 3.73. The third kappa shape index (κ3) is 230. The molecule has 0 aliphatic carbocycles. The van der Waals surface area contributed by atoms with Gasteiger partial charge in [0.15, 0.2) is 0 Å². The molecule has 0 bridgehead atoms. The van der Waals surface area contributed by atoms with E-state index in [0.717, 1.165) is 20.1 Å². The van der Waals surface area contributed by atoms with Crippen molar-refractivity contribution in [3.63, 3.8) is 0 Å². The summed E-state index contributed by atoms with van der Waals surface area (Å²) in [4.78, 5) is 9.00. The van der Waals surface area contributed by atoms with Crippen molar-refractivity contribution in [1.82, 2.24) is 0 Å². The van der Waals surface area contributed by atoms with Crippen molar-refractivity contribution in [2.45, 2.75) is 6.92 Å². The Balaban J connectivity index is -0.0000000575. The van der Waals surface area contributed by atoms with E-state index in [1.165, 1.54) is 0 Å². The largest absolute Gasteiger partial charge is 0 e. The third-order valence-electron chi connectivity index (χ3n) is 0. The van der Waals surface area contributed by atoms with Crippen LogP contribution in [0.1, 0.15) is 6.92 Å². The summed E-state index contributed by atoms with van der Waals surface area (Å²) < 4.78 is 0. The number of halogens is 2. The van der Waals surface area contributed by atoms with Crippen molar-refractivity contribution in [2.24, 2.45) is 0 Å². The van der Waals surface area contributed by atoms with Gasteiger partial charge in [-0.2, -0.15) is 0 Å². The van der Waals surface area contributed by atoms with Gasteiger partial charge >= 0.3 is 33.3 Å². The van der Waals surface area contributed by atoms with E-state index < -0.39 is 5.97 Å². The number of hydrogen-bond acceptors (Lipinski definition) is 1. The molecule has 0 radical (unpaired) electrons. The number of hydrogen-bond donors (Lipinski definition) is 1. The summed E-state index contributed by atoms with van der Waals surface area (Å²) >= 11 is 0.757. The molecule has 8 heavy (non-hydrogen) atoms. The van der Waals surface area contributed by atoms with Gasteiger partial charge in [-0.15, -0.1) is 0 Å². The molecule has 0 saturated carbocycles. The van der Waals surface area contributed by atoms with Crippen molar-refractivity contribution >= 4 is 26.2 Å². The first-order valence-corrected chi connectivity index (χ1v) is 3.75. The fourth-order valence-corrected chi connectivity index (χ4v) is 0. The van der Waals surface area contributed by atoms with Crippen LogP contribution in [0.5, 0.6) is 0 Å². The van der Waals surface area contributed by atoms with Crippen LogP contribution in [0.25, 0.3) is 0 Å². The molecule has 0 saturated heterocycles. The van der Waals surface area contributed by atoms with Crippen LogP contribution in [-0.4, -0.2) is 11.1 Å². The molecule has 0 rings (SSSR count). The van der Waals surface area contributed by atoms with Gasteiger partial charge in [-0.25, -0.2) is 0 Å². The zero-order valence-corrected chi connectivity index (χ0v) is 7.17. The molecule has 2 nitrogen and oxygen atoms in total. The van der Waals surface area contributed by atoms with E-state index in [0.29, 0.717) is 0 Å². The van der Waals surface area contributed by atoms with E-state index >= 15 is 0 Å². The minimum absolute atomic E-state index is 0. The van der Waals surface area contributed by atoms with Crippen LogP contribution in [0.15, 0.2) is 0 Å². The molecule has 0 fully saturated rings. The molecular weight excluding hydrogens is 249 g/mol. The first kappa shape index (κ1) is 16.0. The summed E-state index contributed by atoms with van der Waals surface area (Å²) in [5.74, 6) is -0.833. The maximum absolute atomic E-state index is 9.00. The Bertz CT molecular complexity index is 49.3. The second-order valence-electron chi connectivity index (χ2n) is 0.562. The topological polar surface area (TPSA) is 37.3 Å². The SMILES string of the molecule is CC(=O)O.[Cl][Cu][Cl].[Ni]. The summed E-state index contributed by atoms with van der Waals surface area (Å²) in [7, 11) is 9.34. The Labute approximate surface area is 72.5 Å². The predicted octanol–water partition coefficient (Wildman–Crippen LogP) is 1.46. The quantitative estimate of drug-likeness (QED) is 0.664. The molecule has 6 heteroatoms. The summed E-state index contributed by atoms with van der Waals surface area (Å²) in [5, 5.41) is 7.42. The van der Waals surface area contributed by atoms with Gasteiger partial charge < -0.3 is 5.11 Å². The molecule has 1 N–H and O–H groups in total. The van der Waals surface area contributed by atoms with Crippen LogP contribution in [0.3, 0.4) is 0 Å². The normalized spacial score (nSPS) is 5.88. The predicted molar refractivity (Wildman–Crippen MR) is 25.0 cm³/mol. The smallest absolute Gasteiger partial charge is 0 e. The first-order valence-electron chi connectivity index (χ1n) is 1.16. The van der Waals surface area contributed by atoms with Crippen LogP contribution < -0.4 is 0 Å². The number of aliphatic carboxylic acids is 1. The van der Waals surface area contributed by atoms with Crippen molar-refractivity contribution in [2.75, 3.05) is 0 Å². The van der Waals surface area contributed by atoms with Gasteiger partial charge in [0.1, 0.15) is 0 Å². The van der Waals surface area contributed by atoms with Crippen LogP contribution in [0, 0.1) is 0 Å². The summed E-state index contributed by atoms with van der Waals surface area (Å²) in [6, 6.07) is 0. The Kier molecular flexibility index (Phi) is 31.4. The number of carboxylic acid groups (broad SMARTS) is 1. The number of carbonyl (C=O) groups is 1. The van der Waals surface area contributed by atoms with E-state index in [2.05, 4.69) is 20.2 Å². The third-order valence-corrected chi connectivity index (χ3v) is 0. The Morgan fingerprint density at radius 2 is 1.62 bits per heavy atom. The van der Waals surface area contributed by atoms with E-state index in [9.17, 15) is 0 Å². The van der Waals surface area contributed by atoms with Crippen molar-refractivity contribution in [3.8, 4) is 0 Å². The molecule has 0 aliphatic heterocycles. The summed E-state index contributed by atoms with van der Waals surface area (Å²) in [6.45, 7) is 1.08. The molecule has 0 aromatic carbocycles. The summed E-state index contributed by atoms with van der Waals surface area (Å²) in [5.41, 5.74) is 0. The molecular formula is C2H4Cl2CuNiO2. The Morgan fingerprint density at radius 3 is 1.62 bits per heavy atom. The van der Waals surface area contributed by atoms with Crippen molar-refractivity contribution in [3.05, 3.63) is 0 Å². The van der Waals surface area contributed by atoms with Crippen LogP contribution in [0.4, 0.5) is 0 Å². The molecule has 0 aromatic rings. The zero-order chi connectivity index (χ0) is 6.28. The number of rotatable bonds is 0. The minimum atomic E-state index is -0.833. The molecule has 0 atom stereocenters. The average Bonchev–Trinajstić information content (AvgIpc) is 1.33. The van der Waals surface area contributed by atoms with Crippen molar-refractivity contribution < 1.29 is 39.5 Å². The van der Waals surface area contributed by atoms with Gasteiger partial charge in [-0.05, 0) is 0 Å². The van der Waals surface area contributed by atoms with Gasteiger partial charge in [0, 0.05) is 23.4 Å². The molecule has 0 aliphatic rings. The van der Waals surface area contributed by atoms with Crippen molar-refractivity contribution in [1.29, 1.82) is 0 Å². The summed E-state index contributed by atoms with van der Waals surface area (Å²) in [6.07, 6.45) is 0. The molecule has 0 unspecified atom stereocenters. The Morgan fingerprint density at radius 1 is 1.62 bits per heavy atom. The van der Waals surface area contributed by atoms with Gasteiger partial charge in [0.05, 0.1) is 0 Å². The van der Waals surface area contributed by atoms with Crippen LogP contribution in [0.2, 0.25) is 0 Å². The molecule has 0 amide bonds. The van der Waals surface area contributed by atoms with Crippen LogP contribution in [-0.2, 0) is 34.4 Å². The minimum Gasteiger partial charge on any atom is 0 e. The van der Waals surface area contributed by atoms with Gasteiger partial charge in [0.25, 0.3) is 5.97 Å². The maximum Gasteiger partial charge on any atom is 0 e. The Hall–Kier alpha value is 1.06. The first-order chi connectivity index (χ1) is 3.15. The maximum atomic E-state index is 9.00. The van der Waals surface area contributed by atoms with Crippen LogP contribution >= 0.6 is 20.2 Å². The van der Waals surface area contributed by atoms with E-state index in [-0.39, 0.29) is 16.5 Å². The van der Waals surface area contributed by atoms with Gasteiger partial charge in [0.2, 0.25) is 0 Å². The van der Waals surface area contributed by atoms with Gasteiger partial charge in [-0.1, -0.05) is 0 Å².